The van der Waals surface area contributed by atoms with Gasteiger partial charge in [0, 0.05) is 29.1 Å². The van der Waals surface area contributed by atoms with Crippen LogP contribution in [0.15, 0.2) is 96.1 Å². The lowest BCUT2D eigenvalue weighted by Crippen LogP contribution is -2.25. The van der Waals surface area contributed by atoms with Gasteiger partial charge in [0.25, 0.3) is 5.56 Å². The van der Waals surface area contributed by atoms with Crippen molar-refractivity contribution in [3.05, 3.63) is 113 Å². The molecule has 0 radical (unpaired) electrons. The molecule has 2 aromatic heterocycles. The van der Waals surface area contributed by atoms with Gasteiger partial charge in [-0.15, -0.1) is 0 Å². The predicted molar refractivity (Wildman–Crippen MR) is 114 cm³/mol. The molecular formula is C25H19N3O. The highest BCUT2D eigenvalue weighted by Crippen LogP contribution is 2.27. The van der Waals surface area contributed by atoms with E-state index in [0.717, 1.165) is 16.8 Å². The van der Waals surface area contributed by atoms with E-state index >= 15 is 0 Å². The molecule has 0 aliphatic rings. The number of benzene rings is 2. The third kappa shape index (κ3) is 3.59. The molecule has 0 spiro atoms. The number of nitrogens with zero attached hydrogens (tertiary/aromatic N) is 3. The van der Waals surface area contributed by atoms with Crippen LogP contribution in [0.1, 0.15) is 24.1 Å². The van der Waals surface area contributed by atoms with Gasteiger partial charge >= 0.3 is 0 Å². The molecule has 0 bridgehead atoms. The molecule has 4 rings (SSSR count). The van der Waals surface area contributed by atoms with Crippen LogP contribution < -0.4 is 5.56 Å². The van der Waals surface area contributed by atoms with Crippen molar-refractivity contribution in [2.45, 2.75) is 13.0 Å². The minimum atomic E-state index is -0.166. The summed E-state index contributed by atoms with van der Waals surface area (Å²) in [6, 6.07) is 26.6. The van der Waals surface area contributed by atoms with Crippen LogP contribution in [0, 0.1) is 11.3 Å². The fourth-order valence-electron chi connectivity index (χ4n) is 3.46. The second-order valence-electron chi connectivity index (χ2n) is 6.81. The van der Waals surface area contributed by atoms with Crippen molar-refractivity contribution >= 4 is 0 Å². The van der Waals surface area contributed by atoms with Crippen LogP contribution in [0.2, 0.25) is 0 Å². The molecule has 0 N–H and O–H groups in total. The van der Waals surface area contributed by atoms with E-state index < -0.39 is 0 Å². The van der Waals surface area contributed by atoms with Crippen molar-refractivity contribution in [1.82, 2.24) is 9.55 Å². The normalized spacial score (nSPS) is 11.6. The topological polar surface area (TPSA) is 58.7 Å². The van der Waals surface area contributed by atoms with Gasteiger partial charge in [-0.2, -0.15) is 5.26 Å². The van der Waals surface area contributed by atoms with Crippen LogP contribution in [-0.2, 0) is 0 Å². The molecule has 0 saturated heterocycles. The Hall–Kier alpha value is -3.97. The first-order valence-electron chi connectivity index (χ1n) is 9.41. The SMILES string of the molecule is CC(c1ccccc1)n1cc(-c2ccccn2)cc(-c2ccccc2C#N)c1=O. The largest absolute Gasteiger partial charge is 0.307 e. The average molecular weight is 377 g/mol. The lowest BCUT2D eigenvalue weighted by molar-refractivity contribution is 0.617. The summed E-state index contributed by atoms with van der Waals surface area (Å²) < 4.78 is 1.73. The summed E-state index contributed by atoms with van der Waals surface area (Å²) in [4.78, 5) is 17.9. The minimum Gasteiger partial charge on any atom is -0.307 e. The molecule has 140 valence electrons. The molecule has 1 atom stereocenters. The van der Waals surface area contributed by atoms with Crippen molar-refractivity contribution in [1.29, 1.82) is 5.26 Å². The Bertz CT molecular complexity index is 1240. The third-order valence-electron chi connectivity index (χ3n) is 5.04. The third-order valence-corrected chi connectivity index (χ3v) is 5.04. The quantitative estimate of drug-likeness (QED) is 0.499. The Morgan fingerprint density at radius 2 is 1.66 bits per heavy atom. The van der Waals surface area contributed by atoms with E-state index in [2.05, 4.69) is 11.1 Å². The monoisotopic (exact) mass is 377 g/mol. The van der Waals surface area contributed by atoms with Crippen molar-refractivity contribution < 1.29 is 0 Å². The number of nitriles is 1. The highest BCUT2D eigenvalue weighted by atomic mass is 16.1. The van der Waals surface area contributed by atoms with E-state index in [1.165, 1.54) is 0 Å². The molecule has 0 amide bonds. The van der Waals surface area contributed by atoms with Gasteiger partial charge in [0.1, 0.15) is 0 Å². The molecule has 4 heteroatoms. The minimum absolute atomic E-state index is 0.135. The van der Waals surface area contributed by atoms with Crippen LogP contribution in [0.5, 0.6) is 0 Å². The standard InChI is InChI=1S/C25H19N3O/c1-18(19-9-3-2-4-10-19)28-17-21(24-13-7-8-14-27-24)15-23(25(28)29)22-12-6-5-11-20(22)16-26/h2-15,17-18H,1H3. The fraction of sp³-hybridized carbons (Fsp3) is 0.0800. The first-order chi connectivity index (χ1) is 14.2. The summed E-state index contributed by atoms with van der Waals surface area (Å²) in [7, 11) is 0. The maximum Gasteiger partial charge on any atom is 0.259 e. The second-order valence-corrected chi connectivity index (χ2v) is 6.81. The summed E-state index contributed by atoms with van der Waals surface area (Å²) in [6.07, 6.45) is 3.58. The first kappa shape index (κ1) is 18.4. The fourth-order valence-corrected chi connectivity index (χ4v) is 3.46. The van der Waals surface area contributed by atoms with Crippen LogP contribution in [0.3, 0.4) is 0 Å². The maximum atomic E-state index is 13.5. The van der Waals surface area contributed by atoms with Crippen molar-refractivity contribution in [2.24, 2.45) is 0 Å². The molecule has 4 nitrogen and oxygen atoms in total. The summed E-state index contributed by atoms with van der Waals surface area (Å²) in [5.41, 5.74) is 4.10. The smallest absolute Gasteiger partial charge is 0.259 e. The lowest BCUT2D eigenvalue weighted by atomic mass is 9.98. The molecule has 2 aromatic carbocycles. The second kappa shape index (κ2) is 7.95. The van der Waals surface area contributed by atoms with E-state index in [-0.39, 0.29) is 11.6 Å². The van der Waals surface area contributed by atoms with Gasteiger partial charge in [-0.05, 0) is 36.8 Å². The van der Waals surface area contributed by atoms with Crippen molar-refractivity contribution in [2.75, 3.05) is 0 Å². The first-order valence-corrected chi connectivity index (χ1v) is 9.41. The highest BCUT2D eigenvalue weighted by molar-refractivity contribution is 5.74. The van der Waals surface area contributed by atoms with Crippen LogP contribution >= 0.6 is 0 Å². The molecule has 0 aliphatic heterocycles. The summed E-state index contributed by atoms with van der Waals surface area (Å²) in [5, 5.41) is 9.54. The van der Waals surface area contributed by atoms with Gasteiger partial charge < -0.3 is 4.57 Å². The van der Waals surface area contributed by atoms with Crippen LogP contribution in [0.4, 0.5) is 0 Å². The Balaban J connectivity index is 1.99. The molecule has 4 aromatic rings. The van der Waals surface area contributed by atoms with Gasteiger partial charge in [0.15, 0.2) is 0 Å². The van der Waals surface area contributed by atoms with E-state index in [1.807, 2.05) is 79.9 Å². The molecular weight excluding hydrogens is 358 g/mol. The zero-order valence-corrected chi connectivity index (χ0v) is 16.0. The zero-order valence-electron chi connectivity index (χ0n) is 16.0. The summed E-state index contributed by atoms with van der Waals surface area (Å²) in [6.45, 7) is 2.00. The average Bonchev–Trinajstić information content (AvgIpc) is 2.80. The number of hydrogen-bond donors (Lipinski definition) is 0. The molecule has 0 fully saturated rings. The summed E-state index contributed by atoms with van der Waals surface area (Å²) in [5.74, 6) is 0. The lowest BCUT2D eigenvalue weighted by Gasteiger charge is -2.19. The van der Waals surface area contributed by atoms with E-state index in [9.17, 15) is 10.1 Å². The van der Waals surface area contributed by atoms with E-state index in [1.54, 1.807) is 22.9 Å². The number of pyridine rings is 2. The van der Waals surface area contributed by atoms with Gasteiger partial charge in [0.2, 0.25) is 0 Å². The van der Waals surface area contributed by atoms with Crippen LogP contribution in [0.25, 0.3) is 22.4 Å². The Labute approximate surface area is 169 Å². The molecule has 2 heterocycles. The van der Waals surface area contributed by atoms with E-state index in [4.69, 9.17) is 0 Å². The Morgan fingerprint density at radius 1 is 0.931 bits per heavy atom. The van der Waals surface area contributed by atoms with Gasteiger partial charge in [-0.1, -0.05) is 54.6 Å². The number of rotatable bonds is 4. The number of aromatic nitrogens is 2. The molecule has 0 aliphatic carbocycles. The molecule has 29 heavy (non-hydrogen) atoms. The number of hydrogen-bond acceptors (Lipinski definition) is 3. The van der Waals surface area contributed by atoms with Gasteiger partial charge in [0.05, 0.1) is 23.4 Å². The van der Waals surface area contributed by atoms with Crippen molar-refractivity contribution in [3.8, 4) is 28.5 Å². The summed E-state index contributed by atoms with van der Waals surface area (Å²) >= 11 is 0. The highest BCUT2D eigenvalue weighted by Gasteiger charge is 2.17. The maximum absolute atomic E-state index is 13.5. The predicted octanol–water partition coefficient (Wildman–Crippen LogP) is 5.06. The Morgan fingerprint density at radius 3 is 2.38 bits per heavy atom. The van der Waals surface area contributed by atoms with Gasteiger partial charge in [-0.25, -0.2) is 0 Å². The molecule has 1 unspecified atom stereocenters. The van der Waals surface area contributed by atoms with Gasteiger partial charge in [-0.3, -0.25) is 9.78 Å². The zero-order chi connectivity index (χ0) is 20.2. The molecule has 0 saturated carbocycles. The van der Waals surface area contributed by atoms with E-state index in [0.29, 0.717) is 16.7 Å². The van der Waals surface area contributed by atoms with Crippen molar-refractivity contribution in [3.63, 3.8) is 0 Å². The Kier molecular flexibility index (Phi) is 5.05. The van der Waals surface area contributed by atoms with Crippen LogP contribution in [-0.4, -0.2) is 9.55 Å².